The summed E-state index contributed by atoms with van der Waals surface area (Å²) in [4.78, 5) is 8.27. The number of rotatable bonds is 11. The molecule has 1 aliphatic carbocycles. The van der Waals surface area contributed by atoms with Crippen LogP contribution in [0.4, 0.5) is 0 Å². The van der Waals surface area contributed by atoms with Crippen molar-refractivity contribution < 1.29 is 0 Å². The molecule has 1 aromatic heterocycles. The zero-order valence-electron chi connectivity index (χ0n) is 33.4. The molecule has 1 heterocycles. The Balaban J connectivity index is 0.000000246. The molecular formula is C52H55N3. The van der Waals surface area contributed by atoms with E-state index in [4.69, 9.17) is 0 Å². The Kier molecular flexibility index (Phi) is 14.5. The standard InChI is InChI=1S/C33H28N2.C17H21N.C2H6/c1-4-11-31-26(5-2)32-28-17-9-8-16-27(28)29-19-23-13-6-7-14-24(23)20-30(29)33(32)35(31)25-15-10-12-22(18-25)21-34-3;1-4-6-12-16(5-2)17(18-3)14-13-15-10-8-7-9-11-15;1-2/h4-18H,2-3,19-21H2,1H3;4,6-12,14H,3,5,13H2,1-2H3;1-2H3/b11-4-;6-4-,16-12+,17-14-;. The molecule has 3 nitrogen and oxygen atoms in total. The second-order valence-electron chi connectivity index (χ2n) is 13.2. The molecule has 0 radical (unpaired) electrons. The monoisotopic (exact) mass is 721 g/mol. The van der Waals surface area contributed by atoms with E-state index < -0.39 is 0 Å². The van der Waals surface area contributed by atoms with Gasteiger partial charge in [-0.15, -0.1) is 0 Å². The summed E-state index contributed by atoms with van der Waals surface area (Å²) in [5.41, 5.74) is 15.2. The summed E-state index contributed by atoms with van der Waals surface area (Å²) < 4.78 is 2.44. The third-order valence-corrected chi connectivity index (χ3v) is 10.0. The summed E-state index contributed by atoms with van der Waals surface area (Å²) in [7, 11) is 0. The minimum atomic E-state index is 0.606. The van der Waals surface area contributed by atoms with Crippen LogP contribution in [-0.2, 0) is 25.8 Å². The molecule has 0 atom stereocenters. The first kappa shape index (κ1) is 40.1. The highest BCUT2D eigenvalue weighted by Gasteiger charge is 2.27. The van der Waals surface area contributed by atoms with Crippen LogP contribution >= 0.6 is 0 Å². The van der Waals surface area contributed by atoms with Gasteiger partial charge in [-0.3, -0.25) is 9.98 Å². The summed E-state index contributed by atoms with van der Waals surface area (Å²) in [5.74, 6) is 0. The van der Waals surface area contributed by atoms with Gasteiger partial charge >= 0.3 is 0 Å². The Morgan fingerprint density at radius 2 is 1.42 bits per heavy atom. The molecular weight excluding hydrogens is 667 g/mol. The van der Waals surface area contributed by atoms with Crippen molar-refractivity contribution in [1.29, 1.82) is 0 Å². The van der Waals surface area contributed by atoms with Gasteiger partial charge in [-0.2, -0.15) is 0 Å². The molecule has 0 fully saturated rings. The highest BCUT2D eigenvalue weighted by molar-refractivity contribution is 6.15. The van der Waals surface area contributed by atoms with Crippen molar-refractivity contribution in [3.8, 4) is 5.69 Å². The Morgan fingerprint density at radius 1 is 0.764 bits per heavy atom. The first-order chi connectivity index (χ1) is 27.1. The largest absolute Gasteiger partial charge is 0.309 e. The van der Waals surface area contributed by atoms with Crippen LogP contribution in [0.1, 0.15) is 85.7 Å². The van der Waals surface area contributed by atoms with Crippen molar-refractivity contribution in [3.05, 3.63) is 196 Å². The molecule has 0 aliphatic heterocycles. The summed E-state index contributed by atoms with van der Waals surface area (Å²) in [6, 6.07) is 36.8. The molecule has 0 unspecified atom stereocenters. The molecule has 0 amide bonds. The highest BCUT2D eigenvalue weighted by Crippen LogP contribution is 2.44. The van der Waals surface area contributed by atoms with E-state index in [1.807, 2.05) is 45.1 Å². The minimum Gasteiger partial charge on any atom is -0.309 e. The van der Waals surface area contributed by atoms with Gasteiger partial charge in [-0.1, -0.05) is 155 Å². The maximum Gasteiger partial charge on any atom is 0.0633 e. The summed E-state index contributed by atoms with van der Waals surface area (Å²) in [6.07, 6.45) is 18.4. The van der Waals surface area contributed by atoms with Gasteiger partial charge < -0.3 is 4.57 Å². The van der Waals surface area contributed by atoms with E-state index in [1.165, 1.54) is 66.3 Å². The van der Waals surface area contributed by atoms with Crippen molar-refractivity contribution in [2.24, 2.45) is 9.98 Å². The Hall–Kier alpha value is -6.06. The number of allylic oxidation sites excluding steroid dienone is 6. The van der Waals surface area contributed by atoms with Crippen LogP contribution in [0.3, 0.4) is 0 Å². The summed E-state index contributed by atoms with van der Waals surface area (Å²) >= 11 is 0. The molecule has 3 heteroatoms. The van der Waals surface area contributed by atoms with Gasteiger partial charge in [0.2, 0.25) is 0 Å². The molecule has 6 aromatic rings. The summed E-state index contributed by atoms with van der Waals surface area (Å²) in [5, 5.41) is 3.93. The van der Waals surface area contributed by atoms with Crippen LogP contribution in [0.2, 0.25) is 0 Å². The topological polar surface area (TPSA) is 29.6 Å². The van der Waals surface area contributed by atoms with Gasteiger partial charge in [0.15, 0.2) is 0 Å². The third-order valence-electron chi connectivity index (χ3n) is 10.0. The molecule has 0 bridgehead atoms. The third kappa shape index (κ3) is 8.85. The minimum absolute atomic E-state index is 0.606. The number of aromatic nitrogens is 1. The molecule has 7 rings (SSSR count). The van der Waals surface area contributed by atoms with Gasteiger partial charge in [-0.25, -0.2) is 0 Å². The summed E-state index contributed by atoms with van der Waals surface area (Å²) in [6.45, 7) is 22.5. The van der Waals surface area contributed by atoms with Crippen LogP contribution in [0.5, 0.6) is 0 Å². The van der Waals surface area contributed by atoms with Gasteiger partial charge in [0.1, 0.15) is 0 Å². The van der Waals surface area contributed by atoms with E-state index in [0.717, 1.165) is 42.6 Å². The number of hydrogen-bond acceptors (Lipinski definition) is 2. The molecule has 5 aromatic carbocycles. The zero-order chi connectivity index (χ0) is 39.2. The molecule has 55 heavy (non-hydrogen) atoms. The van der Waals surface area contributed by atoms with Gasteiger partial charge in [0.05, 0.1) is 23.5 Å². The molecule has 0 N–H and O–H groups in total. The predicted octanol–water partition coefficient (Wildman–Crippen LogP) is 13.9. The van der Waals surface area contributed by atoms with Crippen molar-refractivity contribution in [2.75, 3.05) is 0 Å². The fourth-order valence-corrected chi connectivity index (χ4v) is 7.55. The maximum atomic E-state index is 4.26. The van der Waals surface area contributed by atoms with Crippen LogP contribution in [-0.4, -0.2) is 18.0 Å². The van der Waals surface area contributed by atoms with Crippen molar-refractivity contribution in [2.45, 2.75) is 66.8 Å². The van der Waals surface area contributed by atoms with Gasteiger partial charge in [0, 0.05) is 23.1 Å². The maximum absolute atomic E-state index is 4.26. The quantitative estimate of drug-likeness (QED) is 0.0940. The first-order valence-electron chi connectivity index (χ1n) is 19.5. The lowest BCUT2D eigenvalue weighted by Gasteiger charge is -2.24. The van der Waals surface area contributed by atoms with E-state index in [9.17, 15) is 0 Å². The SMILES string of the molecule is C=Cc1c(/C=C\C)n(-c2cccc(CN=C)c2)c2c3c(c4ccccc4c12)Cc1ccccc1C3.C=NC(=C\Cc1ccccc1)/C(=C/C=C\C)CC.CC. The van der Waals surface area contributed by atoms with E-state index in [1.54, 1.807) is 0 Å². The van der Waals surface area contributed by atoms with Crippen molar-refractivity contribution in [3.63, 3.8) is 0 Å². The van der Waals surface area contributed by atoms with E-state index in [-0.39, 0.29) is 0 Å². The average Bonchev–Trinajstić information content (AvgIpc) is 3.57. The second kappa shape index (κ2) is 19.9. The number of fused-ring (bicyclic) bond motifs is 7. The zero-order valence-corrected chi connectivity index (χ0v) is 33.4. The Bertz CT molecular complexity index is 2400. The molecule has 278 valence electrons. The lowest BCUT2D eigenvalue weighted by molar-refractivity contribution is 0.998. The van der Waals surface area contributed by atoms with E-state index >= 15 is 0 Å². The highest BCUT2D eigenvalue weighted by atomic mass is 15.0. The molecule has 0 spiro atoms. The van der Waals surface area contributed by atoms with Crippen LogP contribution in [0.15, 0.2) is 161 Å². The number of hydrogen-bond donors (Lipinski definition) is 0. The van der Waals surface area contributed by atoms with Gasteiger partial charge in [-0.05, 0) is 114 Å². The first-order valence-corrected chi connectivity index (χ1v) is 19.5. The fraction of sp³-hybridized carbons (Fsp3) is 0.192. The number of nitrogens with zero attached hydrogens (tertiary/aromatic N) is 3. The molecule has 1 aliphatic rings. The predicted molar refractivity (Wildman–Crippen MR) is 243 cm³/mol. The fourth-order valence-electron chi connectivity index (χ4n) is 7.55. The normalized spacial score (nSPS) is 12.5. The average molecular weight is 722 g/mol. The van der Waals surface area contributed by atoms with Crippen LogP contribution in [0, 0.1) is 0 Å². The molecule has 0 saturated heterocycles. The Labute approximate surface area is 329 Å². The molecule has 0 saturated carbocycles. The lowest BCUT2D eigenvalue weighted by atomic mass is 9.81. The van der Waals surface area contributed by atoms with Gasteiger partial charge in [0.25, 0.3) is 0 Å². The lowest BCUT2D eigenvalue weighted by Crippen LogP contribution is -2.10. The van der Waals surface area contributed by atoms with E-state index in [2.05, 4.69) is 170 Å². The number of benzene rings is 5. The van der Waals surface area contributed by atoms with Crippen molar-refractivity contribution in [1.82, 2.24) is 4.57 Å². The van der Waals surface area contributed by atoms with E-state index in [0.29, 0.717) is 6.54 Å². The van der Waals surface area contributed by atoms with Crippen molar-refractivity contribution >= 4 is 47.3 Å². The van der Waals surface area contributed by atoms with Crippen LogP contribution in [0.25, 0.3) is 39.5 Å². The smallest absolute Gasteiger partial charge is 0.0633 e. The second-order valence-corrected chi connectivity index (χ2v) is 13.2. The Morgan fingerprint density at radius 3 is 2.05 bits per heavy atom. The van der Waals surface area contributed by atoms with Crippen LogP contribution < -0.4 is 0 Å². The number of aliphatic imine (C=N–C) groups is 2.